The van der Waals surface area contributed by atoms with Gasteiger partial charge in [-0.25, -0.2) is 4.79 Å². The van der Waals surface area contributed by atoms with Crippen molar-refractivity contribution in [3.8, 4) is 0 Å². The molecule has 2 aromatic rings. The molecule has 5 rings (SSSR count). The number of anilines is 1. The zero-order valence-corrected chi connectivity index (χ0v) is 26.5. The molecule has 3 unspecified atom stereocenters. The smallest absolute Gasteiger partial charge is 0.410 e. The molecular weight excluding hydrogens is 574 g/mol. The number of benzene rings is 2. The number of hydrogen-bond donors (Lipinski definition) is 1. The first-order valence-electron chi connectivity index (χ1n) is 15.7. The minimum absolute atomic E-state index is 0.108. The predicted molar refractivity (Wildman–Crippen MR) is 168 cm³/mol. The lowest BCUT2D eigenvalue weighted by Gasteiger charge is -2.31. The first-order chi connectivity index (χ1) is 21.5. The Bertz CT molecular complexity index is 1410. The highest BCUT2D eigenvalue weighted by molar-refractivity contribution is 6.01. The molecule has 11 nitrogen and oxygen atoms in total. The fraction of sp³-hybridized carbons (Fsp3) is 0.500. The van der Waals surface area contributed by atoms with Gasteiger partial charge in [0.15, 0.2) is 5.78 Å². The maximum atomic E-state index is 13.9. The Balaban J connectivity index is 1.25. The van der Waals surface area contributed by atoms with E-state index in [1.165, 1.54) is 4.90 Å². The summed E-state index contributed by atoms with van der Waals surface area (Å²) in [5, 5.41) is 2.91. The van der Waals surface area contributed by atoms with Crippen molar-refractivity contribution in [1.29, 1.82) is 0 Å². The molecule has 1 N–H and O–H groups in total. The third kappa shape index (κ3) is 6.97. The Kier molecular flexibility index (Phi) is 9.74. The minimum atomic E-state index is -0.813. The van der Waals surface area contributed by atoms with Gasteiger partial charge >= 0.3 is 6.09 Å². The number of rotatable bonds is 9. The van der Waals surface area contributed by atoms with Crippen molar-refractivity contribution in [2.24, 2.45) is 5.92 Å². The van der Waals surface area contributed by atoms with E-state index in [4.69, 9.17) is 4.74 Å². The van der Waals surface area contributed by atoms with E-state index in [0.717, 1.165) is 11.3 Å². The average molecular weight is 618 g/mol. The molecule has 0 spiro atoms. The second kappa shape index (κ2) is 13.7. The summed E-state index contributed by atoms with van der Waals surface area (Å²) in [5.74, 6) is -1.05. The highest BCUT2D eigenvalue weighted by Gasteiger charge is 2.54. The summed E-state index contributed by atoms with van der Waals surface area (Å²) in [6.45, 7) is 4.66. The van der Waals surface area contributed by atoms with Gasteiger partial charge in [0.05, 0.1) is 12.6 Å². The van der Waals surface area contributed by atoms with E-state index in [-0.39, 0.29) is 42.6 Å². The zero-order valence-electron chi connectivity index (χ0n) is 26.5. The number of likely N-dealkylation sites (tertiary alicyclic amines) is 3. The lowest BCUT2D eigenvalue weighted by Crippen LogP contribution is -2.53. The van der Waals surface area contributed by atoms with Gasteiger partial charge in [-0.15, -0.1) is 0 Å². The van der Waals surface area contributed by atoms with Gasteiger partial charge in [-0.2, -0.15) is 0 Å². The van der Waals surface area contributed by atoms with E-state index in [2.05, 4.69) is 5.32 Å². The SMILES string of the molecule is CC(C)CC(NC(=O)c1ccc(N(C)C)cc1)C(=O)N1CCC2C1C(=O)CN2C(=O)[C@@H]1CCCN1C(=O)OCc1ccccc1. The number of nitrogens with one attached hydrogen (secondary N) is 1. The minimum Gasteiger partial charge on any atom is -0.445 e. The molecule has 4 amide bonds. The van der Waals surface area contributed by atoms with Gasteiger partial charge in [-0.1, -0.05) is 44.2 Å². The standard InChI is InChI=1S/C34H43N5O6/c1-22(2)19-26(35-31(41)24-12-14-25(15-13-24)36(3)4)32(42)38-18-16-27-30(38)29(40)20-39(27)33(43)28-11-8-17-37(28)34(44)45-21-23-9-6-5-7-10-23/h5-7,9-10,12-15,22,26-28,30H,8,11,16-21H2,1-4H3,(H,35,41)/t26?,27?,28-,30?/m0/s1. The molecule has 3 fully saturated rings. The van der Waals surface area contributed by atoms with Crippen molar-refractivity contribution in [1.82, 2.24) is 20.0 Å². The van der Waals surface area contributed by atoms with E-state index in [9.17, 15) is 24.0 Å². The summed E-state index contributed by atoms with van der Waals surface area (Å²) in [4.78, 5) is 73.7. The molecule has 0 aromatic heterocycles. The molecule has 0 aliphatic carbocycles. The lowest BCUT2D eigenvalue weighted by molar-refractivity contribution is -0.138. The van der Waals surface area contributed by atoms with Crippen LogP contribution in [0.25, 0.3) is 0 Å². The highest BCUT2D eigenvalue weighted by Crippen LogP contribution is 2.33. The molecular formula is C34H43N5O6. The molecule has 11 heteroatoms. The molecule has 3 aliphatic heterocycles. The Morgan fingerprint density at radius 2 is 1.64 bits per heavy atom. The number of nitrogens with zero attached hydrogens (tertiary/aromatic N) is 4. The molecule has 0 saturated carbocycles. The predicted octanol–water partition coefficient (Wildman–Crippen LogP) is 3.08. The van der Waals surface area contributed by atoms with Gasteiger partial charge in [0.25, 0.3) is 5.91 Å². The summed E-state index contributed by atoms with van der Waals surface area (Å²) in [7, 11) is 3.83. The molecule has 0 radical (unpaired) electrons. The van der Waals surface area contributed by atoms with Crippen LogP contribution < -0.4 is 10.2 Å². The fourth-order valence-corrected chi connectivity index (χ4v) is 6.64. The van der Waals surface area contributed by atoms with Crippen molar-refractivity contribution >= 4 is 35.3 Å². The number of ketones is 1. The normalized spacial score (nSPS) is 21.6. The number of carbonyl (C=O) groups is 5. The third-order valence-electron chi connectivity index (χ3n) is 8.92. The summed E-state index contributed by atoms with van der Waals surface area (Å²) in [5.41, 5.74) is 2.25. The van der Waals surface area contributed by atoms with Crippen molar-refractivity contribution in [2.45, 2.75) is 70.3 Å². The number of ether oxygens (including phenoxy) is 1. The Morgan fingerprint density at radius 3 is 2.31 bits per heavy atom. The molecule has 240 valence electrons. The van der Waals surface area contributed by atoms with Crippen LogP contribution in [0.1, 0.15) is 55.5 Å². The van der Waals surface area contributed by atoms with Crippen molar-refractivity contribution in [2.75, 3.05) is 38.6 Å². The number of fused-ring (bicyclic) bond motifs is 1. The van der Waals surface area contributed by atoms with Crippen LogP contribution in [0.2, 0.25) is 0 Å². The van der Waals surface area contributed by atoms with Crippen molar-refractivity contribution in [3.05, 3.63) is 65.7 Å². The number of amides is 4. The number of carbonyl (C=O) groups excluding carboxylic acids is 5. The number of hydrogen-bond acceptors (Lipinski definition) is 7. The molecule has 4 atom stereocenters. The van der Waals surface area contributed by atoms with Crippen molar-refractivity contribution < 1.29 is 28.7 Å². The topological polar surface area (TPSA) is 120 Å². The first-order valence-corrected chi connectivity index (χ1v) is 15.7. The molecule has 45 heavy (non-hydrogen) atoms. The molecule has 3 aliphatic rings. The first kappa shape index (κ1) is 32.0. The Morgan fingerprint density at radius 1 is 0.933 bits per heavy atom. The van der Waals surface area contributed by atoms with Crippen LogP contribution in [0.3, 0.4) is 0 Å². The zero-order chi connectivity index (χ0) is 32.2. The average Bonchev–Trinajstić information content (AvgIpc) is 3.77. The lowest BCUT2D eigenvalue weighted by atomic mass is 10.0. The summed E-state index contributed by atoms with van der Waals surface area (Å²) in [6.07, 6.45) is 1.46. The van der Waals surface area contributed by atoms with E-state index < -0.39 is 30.3 Å². The summed E-state index contributed by atoms with van der Waals surface area (Å²) >= 11 is 0. The van der Waals surface area contributed by atoms with Gasteiger partial charge in [-0.05, 0) is 61.4 Å². The van der Waals surface area contributed by atoms with Gasteiger partial charge in [0, 0.05) is 38.4 Å². The van der Waals surface area contributed by atoms with Gasteiger partial charge in [-0.3, -0.25) is 24.1 Å². The van der Waals surface area contributed by atoms with Crippen LogP contribution in [0, 0.1) is 5.92 Å². The van der Waals surface area contributed by atoms with Gasteiger partial charge in [0.1, 0.15) is 24.7 Å². The van der Waals surface area contributed by atoms with Crippen LogP contribution >= 0.6 is 0 Å². The van der Waals surface area contributed by atoms with Gasteiger partial charge < -0.3 is 24.8 Å². The van der Waals surface area contributed by atoms with Crippen LogP contribution in [0.15, 0.2) is 54.6 Å². The van der Waals surface area contributed by atoms with E-state index >= 15 is 0 Å². The van der Waals surface area contributed by atoms with E-state index in [1.807, 2.05) is 75.3 Å². The second-order valence-corrected chi connectivity index (χ2v) is 12.8. The Hall–Kier alpha value is -4.41. The molecule has 2 aromatic carbocycles. The monoisotopic (exact) mass is 617 g/mol. The maximum Gasteiger partial charge on any atom is 0.410 e. The maximum absolute atomic E-state index is 13.9. The fourth-order valence-electron chi connectivity index (χ4n) is 6.64. The van der Waals surface area contributed by atoms with E-state index in [0.29, 0.717) is 44.3 Å². The Labute approximate surface area is 264 Å². The third-order valence-corrected chi connectivity index (χ3v) is 8.92. The van der Waals surface area contributed by atoms with Crippen LogP contribution in [0.5, 0.6) is 0 Å². The molecule has 3 saturated heterocycles. The van der Waals surface area contributed by atoms with Gasteiger partial charge in [0.2, 0.25) is 11.8 Å². The highest BCUT2D eigenvalue weighted by atomic mass is 16.6. The quantitative estimate of drug-likeness (QED) is 0.459. The molecule has 3 heterocycles. The number of Topliss-reactive ketones (excluding diaryl/α,β-unsaturated/α-hetero) is 1. The largest absolute Gasteiger partial charge is 0.445 e. The molecule has 0 bridgehead atoms. The van der Waals surface area contributed by atoms with Crippen LogP contribution in [-0.4, -0.2) is 102 Å². The summed E-state index contributed by atoms with van der Waals surface area (Å²) < 4.78 is 5.51. The summed E-state index contributed by atoms with van der Waals surface area (Å²) in [6, 6.07) is 13.7. The van der Waals surface area contributed by atoms with Crippen LogP contribution in [-0.2, 0) is 25.7 Å². The van der Waals surface area contributed by atoms with E-state index in [1.54, 1.807) is 21.9 Å². The van der Waals surface area contributed by atoms with Crippen LogP contribution in [0.4, 0.5) is 10.5 Å². The second-order valence-electron chi connectivity index (χ2n) is 12.8. The van der Waals surface area contributed by atoms with Crippen molar-refractivity contribution in [3.63, 3.8) is 0 Å².